The van der Waals surface area contributed by atoms with Crippen LogP contribution in [0, 0.1) is 0 Å². The van der Waals surface area contributed by atoms with Crippen molar-refractivity contribution in [1.82, 2.24) is 5.32 Å². The molecule has 1 atom stereocenters. The molecular formula is C13H15Cl3N3O4+. The molecule has 0 bridgehead atoms. The number of rotatable bonds is 5. The summed E-state index contributed by atoms with van der Waals surface area (Å²) in [5.41, 5.74) is 5.40. The highest BCUT2D eigenvalue weighted by molar-refractivity contribution is 6.45. The summed E-state index contributed by atoms with van der Waals surface area (Å²) in [6.45, 7) is 0.613. The van der Waals surface area contributed by atoms with Gasteiger partial charge in [0.2, 0.25) is 0 Å². The molecule has 1 amide bonds. The first-order valence-electron chi connectivity index (χ1n) is 6.80. The van der Waals surface area contributed by atoms with Crippen LogP contribution in [0.25, 0.3) is 0 Å². The summed E-state index contributed by atoms with van der Waals surface area (Å²) in [5.74, 6) is -1.31. The SMILES string of the molecule is Nc1c(Cl)c(Cl)[nH+]c(C(=O)OCC(=O)NC[C@@H]2CCCO2)c1Cl. The van der Waals surface area contributed by atoms with Crippen LogP contribution in [-0.4, -0.2) is 37.7 Å². The Morgan fingerprint density at radius 2 is 2.09 bits per heavy atom. The number of H-pyrrole nitrogens is 1. The van der Waals surface area contributed by atoms with E-state index in [0.717, 1.165) is 12.8 Å². The van der Waals surface area contributed by atoms with E-state index in [1.165, 1.54) is 0 Å². The van der Waals surface area contributed by atoms with Gasteiger partial charge in [-0.15, -0.1) is 0 Å². The lowest BCUT2D eigenvalue weighted by molar-refractivity contribution is -0.380. The van der Waals surface area contributed by atoms with Gasteiger partial charge in [0.25, 0.3) is 11.1 Å². The van der Waals surface area contributed by atoms with Gasteiger partial charge in [-0.3, -0.25) is 4.79 Å². The Labute approximate surface area is 147 Å². The van der Waals surface area contributed by atoms with Crippen LogP contribution in [0.3, 0.4) is 0 Å². The molecule has 1 aliphatic rings. The lowest BCUT2D eigenvalue weighted by Gasteiger charge is -2.10. The average Bonchev–Trinajstić information content (AvgIpc) is 3.05. The second kappa shape index (κ2) is 8.01. The number of carbonyl (C=O) groups excluding carboxylic acids is 2. The van der Waals surface area contributed by atoms with Crippen LogP contribution in [0.1, 0.15) is 23.3 Å². The van der Waals surface area contributed by atoms with Gasteiger partial charge in [-0.1, -0.05) is 23.2 Å². The molecular weight excluding hydrogens is 369 g/mol. The van der Waals surface area contributed by atoms with Crippen LogP contribution in [0.4, 0.5) is 5.69 Å². The topological polar surface area (TPSA) is 105 Å². The molecule has 10 heteroatoms. The van der Waals surface area contributed by atoms with Crippen LogP contribution >= 0.6 is 34.8 Å². The van der Waals surface area contributed by atoms with E-state index in [-0.39, 0.29) is 32.7 Å². The summed E-state index contributed by atoms with van der Waals surface area (Å²) in [7, 11) is 0. The highest BCUT2D eigenvalue weighted by Crippen LogP contribution is 2.32. The highest BCUT2D eigenvalue weighted by atomic mass is 35.5. The van der Waals surface area contributed by atoms with E-state index in [1.54, 1.807) is 0 Å². The molecule has 1 aromatic rings. The zero-order valence-electron chi connectivity index (χ0n) is 12.0. The number of esters is 1. The molecule has 126 valence electrons. The number of ether oxygens (including phenoxy) is 2. The molecule has 0 aliphatic carbocycles. The number of aromatic nitrogens is 1. The maximum absolute atomic E-state index is 11.9. The van der Waals surface area contributed by atoms with Gasteiger partial charge in [0.15, 0.2) is 6.61 Å². The quantitative estimate of drug-likeness (QED) is 0.592. The fraction of sp³-hybridized carbons (Fsp3) is 0.462. The number of pyridine rings is 1. The standard InChI is InChI=1S/C13H14Cl3N3O4/c14-8-10(17)9(15)12(16)19-11(8)13(21)23-5-7(20)18-4-6-2-1-3-22-6/h6H,1-5H2,(H2,17,19)(H,18,20)/p+1/t6-/m0/s1. The average molecular weight is 384 g/mol. The van der Waals surface area contributed by atoms with E-state index in [4.69, 9.17) is 50.0 Å². The second-order valence-corrected chi connectivity index (χ2v) is 6.00. The summed E-state index contributed by atoms with van der Waals surface area (Å²) in [5, 5.41) is 2.45. The van der Waals surface area contributed by atoms with Gasteiger partial charge in [-0.05, 0) is 24.4 Å². The number of hydrogen-bond acceptors (Lipinski definition) is 5. The van der Waals surface area contributed by atoms with Crippen molar-refractivity contribution in [1.29, 1.82) is 0 Å². The third-order valence-electron chi connectivity index (χ3n) is 3.21. The molecule has 2 rings (SSSR count). The lowest BCUT2D eigenvalue weighted by atomic mass is 10.2. The first-order valence-corrected chi connectivity index (χ1v) is 7.94. The minimum Gasteiger partial charge on any atom is -0.448 e. The van der Waals surface area contributed by atoms with Crippen molar-refractivity contribution in [3.63, 3.8) is 0 Å². The maximum atomic E-state index is 11.9. The molecule has 0 radical (unpaired) electrons. The number of nitrogens with one attached hydrogen (secondary N) is 2. The van der Waals surface area contributed by atoms with Crippen molar-refractivity contribution in [3.05, 3.63) is 20.9 Å². The predicted molar refractivity (Wildman–Crippen MR) is 84.7 cm³/mol. The van der Waals surface area contributed by atoms with Crippen LogP contribution in [0.5, 0.6) is 0 Å². The van der Waals surface area contributed by atoms with Gasteiger partial charge >= 0.3 is 11.7 Å². The molecule has 0 spiro atoms. The van der Waals surface area contributed by atoms with Gasteiger partial charge in [0.05, 0.1) is 11.8 Å². The molecule has 1 fully saturated rings. The zero-order chi connectivity index (χ0) is 17.0. The third-order valence-corrected chi connectivity index (χ3v) is 4.37. The fourth-order valence-corrected chi connectivity index (χ4v) is 2.60. The first kappa shape index (κ1) is 18.1. The number of amides is 1. The number of nitrogens with two attached hydrogens (primary N) is 1. The van der Waals surface area contributed by atoms with Crippen LogP contribution in [-0.2, 0) is 14.3 Å². The second-order valence-electron chi connectivity index (χ2n) is 4.87. The normalized spacial score (nSPS) is 17.1. The Hall–Kier alpha value is -1.28. The van der Waals surface area contributed by atoms with Crippen molar-refractivity contribution in [3.8, 4) is 0 Å². The van der Waals surface area contributed by atoms with Crippen LogP contribution in [0.15, 0.2) is 0 Å². The molecule has 0 unspecified atom stereocenters. The van der Waals surface area contributed by atoms with E-state index >= 15 is 0 Å². The van der Waals surface area contributed by atoms with Crippen molar-refractivity contribution >= 4 is 52.4 Å². The van der Waals surface area contributed by atoms with Gasteiger partial charge in [-0.25, -0.2) is 4.79 Å². The molecule has 1 aliphatic heterocycles. The zero-order valence-corrected chi connectivity index (χ0v) is 14.2. The molecule has 4 N–H and O–H groups in total. The van der Waals surface area contributed by atoms with Gasteiger partial charge in [0.1, 0.15) is 10.0 Å². The molecule has 1 aromatic heterocycles. The number of carbonyl (C=O) groups is 2. The summed E-state index contributed by atoms with van der Waals surface area (Å²) in [6.07, 6.45) is 1.88. The summed E-state index contributed by atoms with van der Waals surface area (Å²) in [4.78, 5) is 26.1. The minimum absolute atomic E-state index is 0.00234. The molecule has 0 aromatic carbocycles. The third kappa shape index (κ3) is 4.60. The van der Waals surface area contributed by atoms with E-state index < -0.39 is 18.5 Å². The van der Waals surface area contributed by atoms with Gasteiger partial charge in [0, 0.05) is 13.2 Å². The van der Waals surface area contributed by atoms with E-state index in [2.05, 4.69) is 10.3 Å². The van der Waals surface area contributed by atoms with Gasteiger partial charge in [-0.2, -0.15) is 4.98 Å². The molecule has 2 heterocycles. The van der Waals surface area contributed by atoms with Gasteiger partial charge < -0.3 is 20.5 Å². The molecule has 7 nitrogen and oxygen atoms in total. The van der Waals surface area contributed by atoms with Crippen molar-refractivity contribution in [2.45, 2.75) is 18.9 Å². The number of nitrogen functional groups attached to an aromatic ring is 1. The van der Waals surface area contributed by atoms with Crippen molar-refractivity contribution in [2.75, 3.05) is 25.5 Å². The smallest absolute Gasteiger partial charge is 0.405 e. The number of hydrogen-bond donors (Lipinski definition) is 2. The Kier molecular flexibility index (Phi) is 6.29. The van der Waals surface area contributed by atoms with Crippen molar-refractivity contribution < 1.29 is 24.0 Å². The largest absolute Gasteiger partial charge is 0.448 e. The minimum atomic E-state index is -0.868. The molecule has 0 saturated carbocycles. The van der Waals surface area contributed by atoms with Crippen molar-refractivity contribution in [2.24, 2.45) is 0 Å². The van der Waals surface area contributed by atoms with E-state index in [1.807, 2.05) is 0 Å². The van der Waals surface area contributed by atoms with Crippen LogP contribution in [0.2, 0.25) is 15.2 Å². The Balaban J connectivity index is 1.88. The fourth-order valence-electron chi connectivity index (χ4n) is 2.00. The van der Waals surface area contributed by atoms with E-state index in [0.29, 0.717) is 13.2 Å². The number of anilines is 1. The number of aromatic amines is 1. The Morgan fingerprint density at radius 1 is 1.35 bits per heavy atom. The Bertz CT molecular complexity index is 621. The monoisotopic (exact) mass is 382 g/mol. The summed E-state index contributed by atoms with van der Waals surface area (Å²) < 4.78 is 10.2. The summed E-state index contributed by atoms with van der Waals surface area (Å²) in [6, 6.07) is 0. The number of halogens is 3. The molecule has 1 saturated heterocycles. The predicted octanol–water partition coefficient (Wildman–Crippen LogP) is 1.50. The first-order chi connectivity index (χ1) is 10.9. The lowest BCUT2D eigenvalue weighted by Crippen LogP contribution is -2.35. The maximum Gasteiger partial charge on any atom is 0.405 e. The van der Waals surface area contributed by atoms with E-state index in [9.17, 15) is 9.59 Å². The van der Waals surface area contributed by atoms with Crippen LogP contribution < -0.4 is 16.0 Å². The Morgan fingerprint density at radius 3 is 2.74 bits per heavy atom. The summed E-state index contributed by atoms with van der Waals surface area (Å²) >= 11 is 17.5. The molecule has 23 heavy (non-hydrogen) atoms. The highest BCUT2D eigenvalue weighted by Gasteiger charge is 2.28.